The van der Waals surface area contributed by atoms with Crippen LogP contribution in [0.15, 0.2) is 52.1 Å². The Labute approximate surface area is 170 Å². The van der Waals surface area contributed by atoms with Crippen molar-refractivity contribution in [1.29, 1.82) is 0 Å². The molecule has 0 bridgehead atoms. The summed E-state index contributed by atoms with van der Waals surface area (Å²) in [6.07, 6.45) is 0. The van der Waals surface area contributed by atoms with Gasteiger partial charge >= 0.3 is 0 Å². The molecule has 0 fully saturated rings. The summed E-state index contributed by atoms with van der Waals surface area (Å²) in [4.78, 5) is 12.1. The predicted octanol–water partition coefficient (Wildman–Crippen LogP) is 4.99. The number of aryl methyl sites for hydroxylation is 1. The Morgan fingerprint density at radius 3 is 2.85 bits per heavy atom. The number of amides is 1. The summed E-state index contributed by atoms with van der Waals surface area (Å²) in [5, 5.41) is 11.7. The number of benzene rings is 2. The molecular formula is C18H15Cl2N3O3S. The molecule has 0 atom stereocenters. The molecule has 0 aliphatic heterocycles. The Morgan fingerprint density at radius 2 is 2.04 bits per heavy atom. The molecular weight excluding hydrogens is 409 g/mol. The van der Waals surface area contributed by atoms with E-state index in [9.17, 15) is 4.79 Å². The normalized spacial score (nSPS) is 10.6. The van der Waals surface area contributed by atoms with Gasteiger partial charge in [0.15, 0.2) is 6.61 Å². The van der Waals surface area contributed by atoms with Gasteiger partial charge in [0.25, 0.3) is 11.1 Å². The second-order valence-electron chi connectivity index (χ2n) is 5.48. The van der Waals surface area contributed by atoms with Crippen LogP contribution in [0.1, 0.15) is 11.5 Å². The van der Waals surface area contributed by atoms with Crippen LogP contribution in [0.25, 0.3) is 0 Å². The monoisotopic (exact) mass is 423 g/mol. The van der Waals surface area contributed by atoms with Gasteiger partial charge in [-0.05, 0) is 36.8 Å². The molecule has 0 aliphatic carbocycles. The number of ether oxygens (including phenoxy) is 1. The van der Waals surface area contributed by atoms with E-state index in [1.54, 1.807) is 18.2 Å². The van der Waals surface area contributed by atoms with Crippen LogP contribution in [-0.4, -0.2) is 21.9 Å². The zero-order chi connectivity index (χ0) is 19.2. The number of nitrogens with one attached hydrogen (secondary N) is 1. The highest BCUT2D eigenvalue weighted by Gasteiger charge is 2.12. The van der Waals surface area contributed by atoms with Crippen molar-refractivity contribution >= 4 is 46.6 Å². The summed E-state index contributed by atoms with van der Waals surface area (Å²) in [6, 6.07) is 12.5. The van der Waals surface area contributed by atoms with Crippen LogP contribution in [0, 0.1) is 6.92 Å². The van der Waals surface area contributed by atoms with E-state index in [-0.39, 0.29) is 23.5 Å². The van der Waals surface area contributed by atoms with E-state index < -0.39 is 0 Å². The standard InChI is InChI=1S/C18H15Cl2N3O3S/c1-11-4-2-3-5-15(11)25-9-17-22-23-18(26-17)27-10-16(24)21-14-8-12(19)6-7-13(14)20/h2-8H,9-10H2,1H3,(H,21,24). The van der Waals surface area contributed by atoms with E-state index >= 15 is 0 Å². The first-order chi connectivity index (χ1) is 13.0. The van der Waals surface area contributed by atoms with Crippen LogP contribution >= 0.6 is 35.0 Å². The Morgan fingerprint density at radius 1 is 1.22 bits per heavy atom. The lowest BCUT2D eigenvalue weighted by atomic mass is 10.2. The second-order valence-corrected chi connectivity index (χ2v) is 7.25. The molecule has 1 N–H and O–H groups in total. The molecule has 0 unspecified atom stereocenters. The zero-order valence-electron chi connectivity index (χ0n) is 14.2. The second kappa shape index (κ2) is 9.12. The molecule has 1 amide bonds. The number of hydrogen-bond donors (Lipinski definition) is 1. The van der Waals surface area contributed by atoms with Crippen LogP contribution in [0.2, 0.25) is 10.0 Å². The van der Waals surface area contributed by atoms with Crippen LogP contribution in [0.5, 0.6) is 5.75 Å². The van der Waals surface area contributed by atoms with E-state index in [2.05, 4.69) is 15.5 Å². The van der Waals surface area contributed by atoms with Crippen LogP contribution in [0.3, 0.4) is 0 Å². The number of anilines is 1. The van der Waals surface area contributed by atoms with Crippen molar-refractivity contribution in [2.24, 2.45) is 0 Å². The lowest BCUT2D eigenvalue weighted by molar-refractivity contribution is -0.113. The molecule has 0 saturated heterocycles. The molecule has 1 aromatic heterocycles. The van der Waals surface area contributed by atoms with E-state index in [1.165, 1.54) is 0 Å². The van der Waals surface area contributed by atoms with E-state index in [1.807, 2.05) is 31.2 Å². The van der Waals surface area contributed by atoms with Gasteiger partial charge in [0, 0.05) is 5.02 Å². The number of thioether (sulfide) groups is 1. The van der Waals surface area contributed by atoms with E-state index in [4.69, 9.17) is 32.4 Å². The smallest absolute Gasteiger partial charge is 0.277 e. The molecule has 0 saturated carbocycles. The maximum Gasteiger partial charge on any atom is 0.277 e. The Hall–Kier alpha value is -2.22. The van der Waals surface area contributed by atoms with Crippen molar-refractivity contribution in [3.8, 4) is 5.75 Å². The first-order valence-electron chi connectivity index (χ1n) is 7.90. The van der Waals surface area contributed by atoms with Crippen LogP contribution in [-0.2, 0) is 11.4 Å². The number of carbonyl (C=O) groups excluding carboxylic acids is 1. The summed E-state index contributed by atoms with van der Waals surface area (Å²) in [5.41, 5.74) is 1.47. The van der Waals surface area contributed by atoms with Gasteiger partial charge in [-0.3, -0.25) is 4.79 Å². The van der Waals surface area contributed by atoms with Crippen LogP contribution in [0.4, 0.5) is 5.69 Å². The van der Waals surface area contributed by atoms with Gasteiger partial charge in [0.05, 0.1) is 16.5 Å². The van der Waals surface area contributed by atoms with Gasteiger partial charge in [-0.25, -0.2) is 0 Å². The molecule has 140 valence electrons. The topological polar surface area (TPSA) is 77.2 Å². The lowest BCUT2D eigenvalue weighted by Crippen LogP contribution is -2.14. The lowest BCUT2D eigenvalue weighted by Gasteiger charge is -2.06. The van der Waals surface area contributed by atoms with Gasteiger partial charge in [-0.1, -0.05) is 53.2 Å². The molecule has 0 aliphatic rings. The van der Waals surface area contributed by atoms with Crippen molar-refractivity contribution in [2.75, 3.05) is 11.1 Å². The number of halogens is 2. The first-order valence-corrected chi connectivity index (χ1v) is 9.64. The number of hydrogen-bond acceptors (Lipinski definition) is 6. The highest BCUT2D eigenvalue weighted by Crippen LogP contribution is 2.26. The van der Waals surface area contributed by atoms with Crippen molar-refractivity contribution < 1.29 is 13.9 Å². The minimum atomic E-state index is -0.264. The Bertz CT molecular complexity index is 949. The third kappa shape index (κ3) is 5.63. The molecule has 6 nitrogen and oxygen atoms in total. The molecule has 2 aromatic carbocycles. The largest absolute Gasteiger partial charge is 0.484 e. The van der Waals surface area contributed by atoms with Gasteiger partial charge in [0.1, 0.15) is 5.75 Å². The number of nitrogens with zero attached hydrogens (tertiary/aromatic N) is 2. The number of para-hydroxylation sites is 1. The third-order valence-corrected chi connectivity index (χ3v) is 4.81. The van der Waals surface area contributed by atoms with Gasteiger partial charge < -0.3 is 14.5 Å². The molecule has 9 heteroatoms. The van der Waals surface area contributed by atoms with Crippen molar-refractivity contribution in [1.82, 2.24) is 10.2 Å². The molecule has 3 rings (SSSR count). The summed E-state index contributed by atoms with van der Waals surface area (Å²) in [7, 11) is 0. The summed E-state index contributed by atoms with van der Waals surface area (Å²) in [6.45, 7) is 2.11. The average molecular weight is 424 g/mol. The highest BCUT2D eigenvalue weighted by atomic mass is 35.5. The minimum Gasteiger partial charge on any atom is -0.484 e. The predicted molar refractivity (Wildman–Crippen MR) is 106 cm³/mol. The quantitative estimate of drug-likeness (QED) is 0.539. The molecule has 0 spiro atoms. The zero-order valence-corrected chi connectivity index (χ0v) is 16.6. The fraction of sp³-hybridized carbons (Fsp3) is 0.167. The van der Waals surface area contributed by atoms with E-state index in [0.717, 1.165) is 23.1 Å². The Kier molecular flexibility index (Phi) is 6.60. The highest BCUT2D eigenvalue weighted by molar-refractivity contribution is 7.99. The SMILES string of the molecule is Cc1ccccc1OCc1nnc(SCC(=O)Nc2cc(Cl)ccc2Cl)o1. The maximum atomic E-state index is 12.1. The molecule has 1 heterocycles. The maximum absolute atomic E-state index is 12.1. The van der Waals surface area contributed by atoms with Crippen molar-refractivity contribution in [3.63, 3.8) is 0 Å². The summed E-state index contributed by atoms with van der Waals surface area (Å²) in [5.74, 6) is 0.908. The van der Waals surface area contributed by atoms with Crippen molar-refractivity contribution in [3.05, 3.63) is 64.0 Å². The summed E-state index contributed by atoms with van der Waals surface area (Å²) >= 11 is 13.0. The van der Waals surface area contributed by atoms with E-state index in [0.29, 0.717) is 21.6 Å². The third-order valence-electron chi connectivity index (χ3n) is 3.42. The molecule has 27 heavy (non-hydrogen) atoms. The fourth-order valence-corrected chi connectivity index (χ4v) is 3.04. The number of rotatable bonds is 7. The van der Waals surface area contributed by atoms with Crippen LogP contribution < -0.4 is 10.1 Å². The molecule has 3 aromatic rings. The Balaban J connectivity index is 1.50. The first kappa shape index (κ1) is 19.5. The van der Waals surface area contributed by atoms with Gasteiger partial charge in [-0.15, -0.1) is 10.2 Å². The minimum absolute atomic E-state index is 0.0864. The fourth-order valence-electron chi connectivity index (χ4n) is 2.12. The number of carbonyl (C=O) groups is 1. The number of aromatic nitrogens is 2. The van der Waals surface area contributed by atoms with Gasteiger partial charge in [0.2, 0.25) is 5.91 Å². The summed E-state index contributed by atoms with van der Waals surface area (Å²) < 4.78 is 11.1. The van der Waals surface area contributed by atoms with Gasteiger partial charge in [-0.2, -0.15) is 0 Å². The average Bonchev–Trinajstić information content (AvgIpc) is 3.10. The van der Waals surface area contributed by atoms with Crippen molar-refractivity contribution in [2.45, 2.75) is 18.8 Å². The molecule has 0 radical (unpaired) electrons.